The first-order chi connectivity index (χ1) is 5.68. The number of aromatic nitrogens is 2. The highest BCUT2D eigenvalue weighted by molar-refractivity contribution is 7.15. The number of nitrogens with one attached hydrogen (secondary N) is 1. The Morgan fingerprint density at radius 1 is 1.67 bits per heavy atom. The van der Waals surface area contributed by atoms with Crippen LogP contribution in [0.25, 0.3) is 0 Å². The van der Waals surface area contributed by atoms with E-state index in [-0.39, 0.29) is 5.91 Å². The van der Waals surface area contributed by atoms with Crippen molar-refractivity contribution in [3.8, 4) is 0 Å². The van der Waals surface area contributed by atoms with Crippen LogP contribution in [0.4, 0.5) is 5.13 Å². The number of primary amides is 1. The molecule has 6 heteroatoms. The van der Waals surface area contributed by atoms with Gasteiger partial charge in [0.15, 0.2) is 0 Å². The van der Waals surface area contributed by atoms with Crippen LogP contribution in [-0.2, 0) is 4.79 Å². The van der Waals surface area contributed by atoms with E-state index in [1.54, 1.807) is 0 Å². The molecule has 0 saturated heterocycles. The highest BCUT2D eigenvalue weighted by atomic mass is 32.1. The molecule has 1 amide bonds. The van der Waals surface area contributed by atoms with Crippen LogP contribution >= 0.6 is 11.3 Å². The lowest BCUT2D eigenvalue weighted by Gasteiger charge is -1.96. The molecule has 0 aliphatic heterocycles. The fraction of sp³-hybridized carbons (Fsp3) is 0.500. The van der Waals surface area contributed by atoms with Crippen LogP contribution in [0.5, 0.6) is 0 Å². The van der Waals surface area contributed by atoms with Crippen molar-refractivity contribution in [1.29, 1.82) is 0 Å². The van der Waals surface area contributed by atoms with Gasteiger partial charge in [0.05, 0.1) is 0 Å². The van der Waals surface area contributed by atoms with Crippen molar-refractivity contribution in [3.63, 3.8) is 0 Å². The summed E-state index contributed by atoms with van der Waals surface area (Å²) in [5.74, 6) is -0.316. The number of rotatable bonds is 4. The SMILES string of the molecule is Cc1nnc(NCCC(N)=O)s1. The molecule has 1 heterocycles. The Hall–Kier alpha value is -1.17. The summed E-state index contributed by atoms with van der Waals surface area (Å²) in [4.78, 5) is 10.3. The standard InChI is InChI=1S/C6H10N4OS/c1-4-9-10-6(12-4)8-3-2-5(7)11/h2-3H2,1H3,(H2,7,11)(H,8,10). The van der Waals surface area contributed by atoms with Crippen LogP contribution in [0.2, 0.25) is 0 Å². The summed E-state index contributed by atoms with van der Waals surface area (Å²) in [5.41, 5.74) is 4.95. The number of amides is 1. The third-order valence-corrected chi connectivity index (χ3v) is 1.97. The minimum Gasteiger partial charge on any atom is -0.370 e. The number of nitrogens with zero attached hydrogens (tertiary/aromatic N) is 2. The summed E-state index contributed by atoms with van der Waals surface area (Å²) >= 11 is 1.45. The molecule has 1 aromatic rings. The number of anilines is 1. The fourth-order valence-electron chi connectivity index (χ4n) is 0.661. The van der Waals surface area contributed by atoms with Crippen LogP contribution in [0.1, 0.15) is 11.4 Å². The average Bonchev–Trinajstić information content (AvgIpc) is 2.35. The fourth-order valence-corrected chi connectivity index (χ4v) is 1.28. The van der Waals surface area contributed by atoms with Gasteiger partial charge in [0.2, 0.25) is 11.0 Å². The average molecular weight is 186 g/mol. The van der Waals surface area contributed by atoms with E-state index < -0.39 is 0 Å². The summed E-state index contributed by atoms with van der Waals surface area (Å²) in [6.07, 6.45) is 0.318. The van der Waals surface area contributed by atoms with Crippen LogP contribution in [0.3, 0.4) is 0 Å². The summed E-state index contributed by atoms with van der Waals surface area (Å²) in [6.45, 7) is 2.39. The Labute approximate surface area is 74.0 Å². The highest BCUT2D eigenvalue weighted by Gasteiger charge is 1.99. The molecule has 0 unspecified atom stereocenters. The van der Waals surface area contributed by atoms with Crippen molar-refractivity contribution >= 4 is 22.4 Å². The highest BCUT2D eigenvalue weighted by Crippen LogP contribution is 2.12. The molecule has 0 aliphatic carbocycles. The Morgan fingerprint density at radius 2 is 2.42 bits per heavy atom. The van der Waals surface area contributed by atoms with Crippen LogP contribution in [0, 0.1) is 6.92 Å². The van der Waals surface area contributed by atoms with E-state index in [4.69, 9.17) is 5.73 Å². The van der Waals surface area contributed by atoms with Gasteiger partial charge in [0.1, 0.15) is 5.01 Å². The van der Waals surface area contributed by atoms with Gasteiger partial charge in [-0.05, 0) is 6.92 Å². The minimum atomic E-state index is -0.316. The summed E-state index contributed by atoms with van der Waals surface area (Å²) < 4.78 is 0. The van der Waals surface area contributed by atoms with E-state index >= 15 is 0 Å². The van der Waals surface area contributed by atoms with Crippen LogP contribution < -0.4 is 11.1 Å². The van der Waals surface area contributed by atoms with Crippen LogP contribution in [-0.4, -0.2) is 22.6 Å². The summed E-state index contributed by atoms with van der Waals surface area (Å²) in [5, 5.41) is 12.2. The smallest absolute Gasteiger partial charge is 0.219 e. The van der Waals surface area contributed by atoms with Gasteiger partial charge in [0, 0.05) is 13.0 Å². The van der Waals surface area contributed by atoms with Crippen molar-refractivity contribution in [3.05, 3.63) is 5.01 Å². The van der Waals surface area contributed by atoms with Crippen molar-refractivity contribution in [2.45, 2.75) is 13.3 Å². The van der Waals surface area contributed by atoms with Gasteiger partial charge in [0.25, 0.3) is 0 Å². The van der Waals surface area contributed by atoms with Crippen molar-refractivity contribution in [1.82, 2.24) is 10.2 Å². The van der Waals surface area contributed by atoms with Crippen molar-refractivity contribution in [2.75, 3.05) is 11.9 Å². The molecule has 0 radical (unpaired) electrons. The number of aryl methyl sites for hydroxylation is 1. The van der Waals surface area contributed by atoms with Gasteiger partial charge in [-0.15, -0.1) is 10.2 Å². The van der Waals surface area contributed by atoms with E-state index in [0.29, 0.717) is 13.0 Å². The lowest BCUT2D eigenvalue weighted by molar-refractivity contribution is -0.117. The second-order valence-electron chi connectivity index (χ2n) is 2.27. The third kappa shape index (κ3) is 2.83. The number of carbonyl (C=O) groups excluding carboxylic acids is 1. The molecule has 0 saturated carbocycles. The zero-order chi connectivity index (χ0) is 8.97. The number of hydrogen-bond acceptors (Lipinski definition) is 5. The first kappa shape index (κ1) is 8.92. The molecule has 0 bridgehead atoms. The molecule has 0 aromatic carbocycles. The predicted octanol–water partition coefficient (Wildman–Crippen LogP) is 0.134. The molecule has 0 fully saturated rings. The zero-order valence-electron chi connectivity index (χ0n) is 6.70. The van der Waals surface area contributed by atoms with Gasteiger partial charge >= 0.3 is 0 Å². The van der Waals surface area contributed by atoms with Crippen molar-refractivity contribution < 1.29 is 4.79 Å². The molecule has 66 valence electrons. The van der Waals surface area contributed by atoms with Gasteiger partial charge in [-0.2, -0.15) is 0 Å². The Balaban J connectivity index is 2.29. The lowest BCUT2D eigenvalue weighted by Crippen LogP contribution is -2.15. The Bertz CT molecular complexity index is 272. The number of carbonyl (C=O) groups is 1. The van der Waals surface area contributed by atoms with Gasteiger partial charge in [-0.1, -0.05) is 11.3 Å². The topological polar surface area (TPSA) is 80.9 Å². The van der Waals surface area contributed by atoms with Gasteiger partial charge in [-0.3, -0.25) is 4.79 Å². The Kier molecular flexibility index (Phi) is 2.98. The normalized spacial score (nSPS) is 9.75. The van der Waals surface area contributed by atoms with Crippen LogP contribution in [0.15, 0.2) is 0 Å². The molecule has 0 spiro atoms. The van der Waals surface area contributed by atoms with E-state index in [0.717, 1.165) is 10.1 Å². The summed E-state index contributed by atoms with van der Waals surface area (Å²) in [6, 6.07) is 0. The minimum absolute atomic E-state index is 0.316. The molecular weight excluding hydrogens is 176 g/mol. The molecular formula is C6H10N4OS. The predicted molar refractivity (Wildman–Crippen MR) is 46.9 cm³/mol. The molecule has 0 atom stereocenters. The molecule has 5 nitrogen and oxygen atoms in total. The monoisotopic (exact) mass is 186 g/mol. The molecule has 1 aromatic heterocycles. The van der Waals surface area contributed by atoms with Gasteiger partial charge in [-0.25, -0.2) is 0 Å². The quantitative estimate of drug-likeness (QED) is 0.700. The molecule has 3 N–H and O–H groups in total. The third-order valence-electron chi connectivity index (χ3n) is 1.17. The number of nitrogens with two attached hydrogens (primary N) is 1. The summed E-state index contributed by atoms with van der Waals surface area (Å²) in [7, 11) is 0. The zero-order valence-corrected chi connectivity index (χ0v) is 7.52. The lowest BCUT2D eigenvalue weighted by atomic mass is 10.4. The number of hydrogen-bond donors (Lipinski definition) is 2. The maximum atomic E-state index is 10.3. The molecule has 0 aliphatic rings. The second kappa shape index (κ2) is 4.01. The van der Waals surface area contributed by atoms with Crippen molar-refractivity contribution in [2.24, 2.45) is 5.73 Å². The maximum absolute atomic E-state index is 10.3. The van der Waals surface area contributed by atoms with Gasteiger partial charge < -0.3 is 11.1 Å². The largest absolute Gasteiger partial charge is 0.370 e. The first-order valence-electron chi connectivity index (χ1n) is 3.51. The molecule has 1 rings (SSSR count). The molecule has 12 heavy (non-hydrogen) atoms. The van der Waals surface area contributed by atoms with E-state index in [1.165, 1.54) is 11.3 Å². The Morgan fingerprint density at radius 3 is 2.92 bits per heavy atom. The first-order valence-corrected chi connectivity index (χ1v) is 4.32. The van der Waals surface area contributed by atoms with E-state index in [2.05, 4.69) is 15.5 Å². The van der Waals surface area contributed by atoms with E-state index in [9.17, 15) is 4.79 Å². The second-order valence-corrected chi connectivity index (χ2v) is 3.45. The maximum Gasteiger partial charge on any atom is 0.219 e. The van der Waals surface area contributed by atoms with E-state index in [1.807, 2.05) is 6.92 Å².